The van der Waals surface area contributed by atoms with E-state index >= 15 is 0 Å². The Labute approximate surface area is 149 Å². The summed E-state index contributed by atoms with van der Waals surface area (Å²) in [5, 5.41) is 2.91. The van der Waals surface area contributed by atoms with Crippen LogP contribution in [0.4, 0.5) is 0 Å². The Morgan fingerprint density at radius 3 is 2.84 bits per heavy atom. The van der Waals surface area contributed by atoms with Gasteiger partial charge in [0, 0.05) is 38.4 Å². The van der Waals surface area contributed by atoms with E-state index in [9.17, 15) is 9.59 Å². The molecule has 25 heavy (non-hydrogen) atoms. The minimum atomic E-state index is -0.259. The zero-order valence-electron chi connectivity index (χ0n) is 15.4. The van der Waals surface area contributed by atoms with Crippen molar-refractivity contribution in [2.24, 2.45) is 5.92 Å². The number of H-pyrrole nitrogens is 1. The summed E-state index contributed by atoms with van der Waals surface area (Å²) in [5.74, 6) is 0.360. The lowest BCUT2D eigenvalue weighted by Crippen LogP contribution is -2.45. The molecule has 6 nitrogen and oxygen atoms in total. The van der Waals surface area contributed by atoms with Crippen molar-refractivity contribution in [3.05, 3.63) is 33.2 Å². The number of amides is 1. The second-order valence-corrected chi connectivity index (χ2v) is 7.62. The molecule has 6 heteroatoms. The van der Waals surface area contributed by atoms with Crippen LogP contribution in [-0.2, 0) is 12.8 Å². The van der Waals surface area contributed by atoms with Crippen LogP contribution in [0.3, 0.4) is 0 Å². The van der Waals surface area contributed by atoms with Gasteiger partial charge in [-0.25, -0.2) is 0 Å². The van der Waals surface area contributed by atoms with Gasteiger partial charge in [0.25, 0.3) is 11.5 Å². The average molecular weight is 346 g/mol. The fourth-order valence-electron chi connectivity index (χ4n) is 3.72. The molecular weight excluding hydrogens is 316 g/mol. The number of rotatable bonds is 5. The number of carbonyl (C=O) groups excluding carboxylic acids is 1. The Bertz CT molecular complexity index is 662. The molecule has 0 aromatic carbocycles. The van der Waals surface area contributed by atoms with E-state index in [1.807, 2.05) is 0 Å². The maximum Gasteiger partial charge on any atom is 0.261 e. The summed E-state index contributed by atoms with van der Waals surface area (Å²) in [7, 11) is 2.15. The lowest BCUT2D eigenvalue weighted by atomic mass is 9.87. The van der Waals surface area contributed by atoms with Crippen molar-refractivity contribution in [3.8, 4) is 0 Å². The van der Waals surface area contributed by atoms with Crippen LogP contribution in [0.5, 0.6) is 0 Å². The van der Waals surface area contributed by atoms with Crippen molar-refractivity contribution in [1.82, 2.24) is 20.1 Å². The smallest absolute Gasteiger partial charge is 0.261 e. The van der Waals surface area contributed by atoms with Crippen LogP contribution in [0, 0.1) is 5.92 Å². The number of piperazine rings is 1. The highest BCUT2D eigenvalue weighted by Gasteiger charge is 2.20. The lowest BCUT2D eigenvalue weighted by molar-refractivity contribution is 0.0947. The Balaban J connectivity index is 1.50. The van der Waals surface area contributed by atoms with Gasteiger partial charge in [-0.05, 0) is 56.8 Å². The first-order chi connectivity index (χ1) is 12.0. The molecule has 0 bridgehead atoms. The molecule has 1 aromatic rings. The number of hydrogen-bond donors (Lipinski definition) is 2. The number of likely N-dealkylation sites (N-methyl/N-ethyl adjacent to an activating group) is 1. The number of aromatic nitrogens is 1. The average Bonchev–Trinajstić information content (AvgIpc) is 2.60. The van der Waals surface area contributed by atoms with Crippen LogP contribution >= 0.6 is 0 Å². The maximum atomic E-state index is 12.4. The zero-order valence-corrected chi connectivity index (χ0v) is 15.4. The van der Waals surface area contributed by atoms with Gasteiger partial charge < -0.3 is 20.1 Å². The number of hydrogen-bond acceptors (Lipinski definition) is 4. The van der Waals surface area contributed by atoms with Gasteiger partial charge in [0.15, 0.2) is 0 Å². The number of nitrogens with one attached hydrogen (secondary N) is 2. The van der Waals surface area contributed by atoms with E-state index in [-0.39, 0.29) is 17.0 Å². The topological polar surface area (TPSA) is 68.4 Å². The molecule has 1 fully saturated rings. The van der Waals surface area contributed by atoms with Crippen LogP contribution in [-0.4, -0.2) is 67.0 Å². The molecule has 1 aliphatic heterocycles. The fraction of sp³-hybridized carbons (Fsp3) is 0.684. The van der Waals surface area contributed by atoms with Gasteiger partial charge in [-0.1, -0.05) is 6.92 Å². The molecule has 2 aliphatic rings. The van der Waals surface area contributed by atoms with Crippen molar-refractivity contribution in [1.29, 1.82) is 0 Å². The molecule has 1 atom stereocenters. The zero-order chi connectivity index (χ0) is 17.8. The summed E-state index contributed by atoms with van der Waals surface area (Å²) in [4.78, 5) is 32.3. The van der Waals surface area contributed by atoms with Crippen LogP contribution < -0.4 is 10.9 Å². The first-order valence-electron chi connectivity index (χ1n) is 9.47. The number of carbonyl (C=O) groups is 1. The van der Waals surface area contributed by atoms with Crippen LogP contribution in [0.2, 0.25) is 0 Å². The van der Waals surface area contributed by atoms with Gasteiger partial charge in [0.05, 0.1) is 0 Å². The van der Waals surface area contributed by atoms with Crippen molar-refractivity contribution < 1.29 is 4.79 Å². The standard InChI is InChI=1S/C19H30N4O2/c1-14-4-5-17-15(12-14)13-16(19(25)21-17)18(24)20-6-3-7-23-10-8-22(2)9-11-23/h13-14H,3-12H2,1-2H3,(H,20,24)(H,21,25)/t14-/m0/s1. The Morgan fingerprint density at radius 2 is 2.08 bits per heavy atom. The number of fused-ring (bicyclic) bond motifs is 1. The second kappa shape index (κ2) is 8.15. The minimum Gasteiger partial charge on any atom is -0.352 e. The Hall–Kier alpha value is -1.66. The molecule has 0 saturated carbocycles. The van der Waals surface area contributed by atoms with Crippen molar-refractivity contribution >= 4 is 5.91 Å². The molecule has 2 N–H and O–H groups in total. The van der Waals surface area contributed by atoms with E-state index in [1.165, 1.54) is 0 Å². The minimum absolute atomic E-state index is 0.249. The molecule has 0 unspecified atom stereocenters. The fourth-order valence-corrected chi connectivity index (χ4v) is 3.72. The highest BCUT2D eigenvalue weighted by molar-refractivity contribution is 5.94. The quantitative estimate of drug-likeness (QED) is 0.776. The predicted molar refractivity (Wildman–Crippen MR) is 99.1 cm³/mol. The second-order valence-electron chi connectivity index (χ2n) is 7.62. The third-order valence-corrected chi connectivity index (χ3v) is 5.45. The monoisotopic (exact) mass is 346 g/mol. The van der Waals surface area contributed by atoms with E-state index in [1.54, 1.807) is 6.07 Å². The van der Waals surface area contributed by atoms with Crippen LogP contribution in [0.1, 0.15) is 41.4 Å². The van der Waals surface area contributed by atoms with E-state index in [0.29, 0.717) is 12.5 Å². The molecule has 0 radical (unpaired) electrons. The van der Waals surface area contributed by atoms with E-state index in [4.69, 9.17) is 0 Å². The van der Waals surface area contributed by atoms with Gasteiger partial charge in [-0.15, -0.1) is 0 Å². The Kier molecular flexibility index (Phi) is 5.91. The number of pyridine rings is 1. The summed E-state index contributed by atoms with van der Waals surface area (Å²) in [6, 6.07) is 1.81. The normalized spacial score (nSPS) is 21.8. The molecule has 2 heterocycles. The molecule has 3 rings (SSSR count). The SMILES string of the molecule is C[C@H]1CCc2[nH]c(=O)c(C(=O)NCCCN3CCN(C)CC3)cc2C1. The van der Waals surface area contributed by atoms with E-state index < -0.39 is 0 Å². The molecule has 1 amide bonds. The summed E-state index contributed by atoms with van der Waals surface area (Å²) in [5.41, 5.74) is 2.13. The van der Waals surface area contributed by atoms with Gasteiger partial charge in [0.2, 0.25) is 0 Å². The highest BCUT2D eigenvalue weighted by Crippen LogP contribution is 2.23. The van der Waals surface area contributed by atoms with E-state index in [2.05, 4.69) is 34.1 Å². The molecule has 0 spiro atoms. The summed E-state index contributed by atoms with van der Waals surface area (Å²) in [6.45, 7) is 8.21. The largest absolute Gasteiger partial charge is 0.352 e. The number of aromatic amines is 1. The molecule has 1 aliphatic carbocycles. The van der Waals surface area contributed by atoms with Crippen LogP contribution in [0.15, 0.2) is 10.9 Å². The summed E-state index contributed by atoms with van der Waals surface area (Å²) in [6.07, 6.45) is 3.85. The highest BCUT2D eigenvalue weighted by atomic mass is 16.2. The molecule has 138 valence electrons. The van der Waals surface area contributed by atoms with E-state index in [0.717, 1.165) is 69.7 Å². The molecular formula is C19H30N4O2. The van der Waals surface area contributed by atoms with Crippen molar-refractivity contribution in [2.75, 3.05) is 46.3 Å². The third-order valence-electron chi connectivity index (χ3n) is 5.45. The van der Waals surface area contributed by atoms with Crippen molar-refractivity contribution in [2.45, 2.75) is 32.6 Å². The lowest BCUT2D eigenvalue weighted by Gasteiger charge is -2.32. The number of aryl methyl sites for hydroxylation is 1. The molecule has 1 aromatic heterocycles. The van der Waals surface area contributed by atoms with Gasteiger partial charge >= 0.3 is 0 Å². The first kappa shape index (κ1) is 18.1. The Morgan fingerprint density at radius 1 is 1.32 bits per heavy atom. The number of nitrogens with zero attached hydrogens (tertiary/aromatic N) is 2. The van der Waals surface area contributed by atoms with Crippen LogP contribution in [0.25, 0.3) is 0 Å². The van der Waals surface area contributed by atoms with Gasteiger partial charge in [-0.3, -0.25) is 9.59 Å². The predicted octanol–water partition coefficient (Wildman–Crippen LogP) is 0.867. The maximum absolute atomic E-state index is 12.4. The van der Waals surface area contributed by atoms with Gasteiger partial charge in [-0.2, -0.15) is 0 Å². The molecule has 1 saturated heterocycles. The summed E-state index contributed by atoms with van der Waals surface area (Å²) >= 11 is 0. The third kappa shape index (κ3) is 4.70. The van der Waals surface area contributed by atoms with Crippen molar-refractivity contribution in [3.63, 3.8) is 0 Å². The summed E-state index contributed by atoms with van der Waals surface area (Å²) < 4.78 is 0. The first-order valence-corrected chi connectivity index (χ1v) is 9.47. The van der Waals surface area contributed by atoms with Gasteiger partial charge in [0.1, 0.15) is 5.56 Å².